The molecule has 21 heavy (non-hydrogen) atoms. The third-order valence-electron chi connectivity index (χ3n) is 3.34. The Hall–Kier alpha value is -1.04. The molecule has 1 heterocycles. The lowest BCUT2D eigenvalue weighted by Gasteiger charge is -2.21. The average molecular weight is 373 g/mol. The summed E-state index contributed by atoms with van der Waals surface area (Å²) < 4.78 is 15.0. The standard InChI is InChI=1S/C15H16BrClFN3/c1-4-12-10(7-8(2)20-21-12)15(19-3)9-5-6-11(16)13(17)14(9)18/h5-7,15,19H,4H2,1-3H3. The smallest absolute Gasteiger partial charge is 0.148 e. The van der Waals surface area contributed by atoms with Gasteiger partial charge >= 0.3 is 0 Å². The molecule has 0 aliphatic heterocycles. The first-order valence-corrected chi connectivity index (χ1v) is 7.80. The van der Waals surface area contributed by atoms with E-state index in [0.29, 0.717) is 10.0 Å². The first-order chi connectivity index (χ1) is 9.99. The van der Waals surface area contributed by atoms with Gasteiger partial charge in [-0.2, -0.15) is 10.2 Å². The Morgan fingerprint density at radius 1 is 1.33 bits per heavy atom. The summed E-state index contributed by atoms with van der Waals surface area (Å²) in [6.45, 7) is 3.87. The van der Waals surface area contributed by atoms with Crippen molar-refractivity contribution >= 4 is 27.5 Å². The minimum atomic E-state index is -0.429. The maximum Gasteiger partial charge on any atom is 0.148 e. The van der Waals surface area contributed by atoms with Gasteiger partial charge in [-0.15, -0.1) is 0 Å². The molecule has 0 saturated carbocycles. The van der Waals surface area contributed by atoms with Crippen LogP contribution in [0.3, 0.4) is 0 Å². The fourth-order valence-electron chi connectivity index (χ4n) is 2.30. The van der Waals surface area contributed by atoms with Gasteiger partial charge in [-0.25, -0.2) is 4.39 Å². The van der Waals surface area contributed by atoms with Crippen molar-refractivity contribution < 1.29 is 4.39 Å². The van der Waals surface area contributed by atoms with Crippen LogP contribution in [0.5, 0.6) is 0 Å². The molecule has 0 fully saturated rings. The summed E-state index contributed by atoms with van der Waals surface area (Å²) in [5.41, 5.74) is 3.06. The van der Waals surface area contributed by atoms with E-state index >= 15 is 0 Å². The van der Waals surface area contributed by atoms with Crippen molar-refractivity contribution in [3.63, 3.8) is 0 Å². The predicted octanol–water partition coefficient (Wildman–Crippen LogP) is 4.21. The molecule has 0 radical (unpaired) electrons. The number of aryl methyl sites for hydroxylation is 2. The van der Waals surface area contributed by atoms with E-state index in [1.54, 1.807) is 19.2 Å². The van der Waals surface area contributed by atoms with Gasteiger partial charge in [0, 0.05) is 10.0 Å². The number of halogens is 3. The minimum Gasteiger partial charge on any atom is -0.309 e. The van der Waals surface area contributed by atoms with E-state index < -0.39 is 5.82 Å². The van der Waals surface area contributed by atoms with Gasteiger partial charge < -0.3 is 5.32 Å². The molecule has 0 spiro atoms. The van der Waals surface area contributed by atoms with E-state index in [4.69, 9.17) is 11.6 Å². The highest BCUT2D eigenvalue weighted by atomic mass is 79.9. The molecular formula is C15H16BrClFN3. The van der Waals surface area contributed by atoms with Crippen LogP contribution in [-0.4, -0.2) is 17.2 Å². The quantitative estimate of drug-likeness (QED) is 0.817. The SMILES string of the molecule is CCc1nnc(C)cc1C(NC)c1ccc(Br)c(Cl)c1F. The lowest BCUT2D eigenvalue weighted by molar-refractivity contribution is 0.571. The van der Waals surface area contributed by atoms with Crippen molar-refractivity contribution in [3.05, 3.63) is 56.0 Å². The fraction of sp³-hybridized carbons (Fsp3) is 0.333. The first-order valence-electron chi connectivity index (χ1n) is 6.63. The van der Waals surface area contributed by atoms with Crippen LogP contribution in [0.1, 0.15) is 35.5 Å². The molecule has 2 aromatic rings. The van der Waals surface area contributed by atoms with Crippen molar-refractivity contribution in [1.29, 1.82) is 0 Å². The highest BCUT2D eigenvalue weighted by Crippen LogP contribution is 2.33. The average Bonchev–Trinajstić information content (AvgIpc) is 2.48. The van der Waals surface area contributed by atoms with E-state index in [1.807, 2.05) is 19.9 Å². The lowest BCUT2D eigenvalue weighted by atomic mass is 9.96. The summed E-state index contributed by atoms with van der Waals surface area (Å²) in [7, 11) is 1.79. The summed E-state index contributed by atoms with van der Waals surface area (Å²) in [5.74, 6) is -0.429. The van der Waals surface area contributed by atoms with E-state index in [-0.39, 0.29) is 11.1 Å². The van der Waals surface area contributed by atoms with Gasteiger partial charge in [0.05, 0.1) is 22.5 Å². The maximum atomic E-state index is 14.5. The van der Waals surface area contributed by atoms with Gasteiger partial charge in [0.2, 0.25) is 0 Å². The second kappa shape index (κ2) is 6.81. The maximum absolute atomic E-state index is 14.5. The van der Waals surface area contributed by atoms with Gasteiger partial charge in [-0.05, 0) is 54.0 Å². The minimum absolute atomic E-state index is 0.0875. The van der Waals surface area contributed by atoms with Gasteiger partial charge in [0.25, 0.3) is 0 Å². The molecule has 3 nitrogen and oxygen atoms in total. The molecule has 1 aromatic carbocycles. The summed E-state index contributed by atoms with van der Waals surface area (Å²) in [6.07, 6.45) is 0.729. The predicted molar refractivity (Wildman–Crippen MR) is 86.2 cm³/mol. The van der Waals surface area contributed by atoms with Crippen LogP contribution >= 0.6 is 27.5 Å². The molecule has 0 aliphatic rings. The van der Waals surface area contributed by atoms with Crippen molar-refractivity contribution in [3.8, 4) is 0 Å². The van der Waals surface area contributed by atoms with Gasteiger partial charge in [-0.1, -0.05) is 24.6 Å². The zero-order chi connectivity index (χ0) is 15.6. The lowest BCUT2D eigenvalue weighted by Crippen LogP contribution is -2.21. The molecule has 0 saturated heterocycles. The highest BCUT2D eigenvalue weighted by molar-refractivity contribution is 9.10. The molecule has 6 heteroatoms. The second-order valence-electron chi connectivity index (χ2n) is 4.73. The Kier molecular flexibility index (Phi) is 5.30. The molecule has 0 amide bonds. The van der Waals surface area contributed by atoms with E-state index in [9.17, 15) is 4.39 Å². The highest BCUT2D eigenvalue weighted by Gasteiger charge is 2.22. The molecule has 1 aromatic heterocycles. The van der Waals surface area contributed by atoms with E-state index in [0.717, 1.165) is 23.4 Å². The Morgan fingerprint density at radius 3 is 2.67 bits per heavy atom. The normalized spacial score (nSPS) is 12.5. The molecule has 0 aliphatic carbocycles. The largest absolute Gasteiger partial charge is 0.309 e. The zero-order valence-corrected chi connectivity index (χ0v) is 14.4. The number of nitrogens with one attached hydrogen (secondary N) is 1. The van der Waals surface area contributed by atoms with Gasteiger partial charge in [0.1, 0.15) is 5.82 Å². The number of benzene rings is 1. The molecule has 112 valence electrons. The first kappa shape index (κ1) is 16.3. The fourth-order valence-corrected chi connectivity index (χ4v) is 2.78. The molecule has 1 unspecified atom stereocenters. The topological polar surface area (TPSA) is 37.8 Å². The number of nitrogens with zero attached hydrogens (tertiary/aromatic N) is 2. The van der Waals surface area contributed by atoms with Crippen LogP contribution in [0.4, 0.5) is 4.39 Å². The van der Waals surface area contributed by atoms with Crippen LogP contribution in [0.25, 0.3) is 0 Å². The molecule has 1 atom stereocenters. The van der Waals surface area contributed by atoms with Gasteiger partial charge in [-0.3, -0.25) is 0 Å². The summed E-state index contributed by atoms with van der Waals surface area (Å²) in [6, 6.07) is 5.09. The van der Waals surface area contributed by atoms with Crippen molar-refractivity contribution in [2.75, 3.05) is 7.05 Å². The van der Waals surface area contributed by atoms with Crippen LogP contribution in [0, 0.1) is 12.7 Å². The number of rotatable bonds is 4. The molecule has 0 bridgehead atoms. The Morgan fingerprint density at radius 2 is 2.05 bits per heavy atom. The van der Waals surface area contributed by atoms with E-state index in [2.05, 4.69) is 31.4 Å². The zero-order valence-electron chi connectivity index (χ0n) is 12.0. The molecular weight excluding hydrogens is 357 g/mol. The molecule has 1 N–H and O–H groups in total. The third-order valence-corrected chi connectivity index (χ3v) is 4.60. The second-order valence-corrected chi connectivity index (χ2v) is 5.96. The van der Waals surface area contributed by atoms with Gasteiger partial charge in [0.15, 0.2) is 0 Å². The monoisotopic (exact) mass is 371 g/mol. The van der Waals surface area contributed by atoms with Crippen molar-refractivity contribution in [2.24, 2.45) is 0 Å². The summed E-state index contributed by atoms with van der Waals surface area (Å²) >= 11 is 9.23. The van der Waals surface area contributed by atoms with Crippen LogP contribution in [-0.2, 0) is 6.42 Å². The Balaban J connectivity index is 2.60. The van der Waals surface area contributed by atoms with Crippen LogP contribution in [0.2, 0.25) is 5.02 Å². The molecule has 2 rings (SSSR count). The third kappa shape index (κ3) is 3.25. The van der Waals surface area contributed by atoms with Crippen molar-refractivity contribution in [1.82, 2.24) is 15.5 Å². The number of hydrogen-bond donors (Lipinski definition) is 1. The summed E-state index contributed by atoms with van der Waals surface area (Å²) in [4.78, 5) is 0. The summed E-state index contributed by atoms with van der Waals surface area (Å²) in [5, 5.41) is 11.5. The number of aromatic nitrogens is 2. The Labute approximate surface area is 137 Å². The van der Waals surface area contributed by atoms with Crippen LogP contribution in [0.15, 0.2) is 22.7 Å². The number of hydrogen-bond acceptors (Lipinski definition) is 3. The van der Waals surface area contributed by atoms with Crippen molar-refractivity contribution in [2.45, 2.75) is 26.3 Å². The Bertz CT molecular complexity index is 664. The van der Waals surface area contributed by atoms with Crippen LogP contribution < -0.4 is 5.32 Å². The van der Waals surface area contributed by atoms with E-state index in [1.165, 1.54) is 0 Å².